The summed E-state index contributed by atoms with van der Waals surface area (Å²) in [6.07, 6.45) is 15.9. The van der Waals surface area contributed by atoms with Crippen molar-refractivity contribution in [2.45, 2.75) is 102 Å². The fraction of sp³-hybridized carbons (Fsp3) is 0.667. The second-order valence-electron chi connectivity index (χ2n) is 8.97. The molecule has 8 heteroatoms. The van der Waals surface area contributed by atoms with Gasteiger partial charge in [-0.05, 0) is 37.1 Å². The summed E-state index contributed by atoms with van der Waals surface area (Å²) in [5.74, 6) is -3.69. The molecule has 0 aliphatic carbocycles. The Morgan fingerprint density at radius 1 is 0.743 bits per heavy atom. The molecule has 0 bridgehead atoms. The number of alkyl halides is 1. The molecule has 35 heavy (non-hydrogen) atoms. The van der Waals surface area contributed by atoms with Gasteiger partial charge in [-0.25, -0.2) is 9.59 Å². The van der Waals surface area contributed by atoms with Gasteiger partial charge in [-0.1, -0.05) is 93.0 Å². The molecule has 0 aliphatic heterocycles. The Morgan fingerprint density at radius 2 is 1.20 bits per heavy atom. The van der Waals surface area contributed by atoms with Gasteiger partial charge in [0.2, 0.25) is 6.10 Å². The van der Waals surface area contributed by atoms with Gasteiger partial charge in [0.25, 0.3) is 0 Å². The zero-order chi connectivity index (χ0) is 25.7. The molecular formula is C27H42BrNO6. The Balaban J connectivity index is 2.05. The number of nitrogens with one attached hydrogen (secondary N) is 1. The van der Waals surface area contributed by atoms with Gasteiger partial charge >= 0.3 is 17.9 Å². The van der Waals surface area contributed by atoms with Crippen molar-refractivity contribution in [3.8, 4) is 0 Å². The first-order chi connectivity index (χ1) is 16.9. The SMILES string of the molecule is O=C(O)CC(OC(=O)c1ccc(NCCCCCCCCCCCCCCCCBr)cc1)C(=O)O. The van der Waals surface area contributed by atoms with Crippen LogP contribution in [-0.2, 0) is 14.3 Å². The zero-order valence-electron chi connectivity index (χ0n) is 20.8. The summed E-state index contributed by atoms with van der Waals surface area (Å²) in [5.41, 5.74) is 1.04. The zero-order valence-corrected chi connectivity index (χ0v) is 22.4. The van der Waals surface area contributed by atoms with E-state index in [0.717, 1.165) is 24.0 Å². The molecule has 0 aromatic heterocycles. The van der Waals surface area contributed by atoms with Crippen LogP contribution in [0.3, 0.4) is 0 Å². The first-order valence-corrected chi connectivity index (χ1v) is 14.1. The van der Waals surface area contributed by atoms with E-state index in [2.05, 4.69) is 21.2 Å². The molecule has 0 amide bonds. The van der Waals surface area contributed by atoms with Crippen LogP contribution in [-0.4, -0.2) is 46.1 Å². The number of unbranched alkanes of at least 4 members (excludes halogenated alkanes) is 13. The Kier molecular flexibility index (Phi) is 17.8. The molecule has 7 nitrogen and oxygen atoms in total. The third kappa shape index (κ3) is 16.3. The van der Waals surface area contributed by atoms with Crippen LogP contribution in [0.15, 0.2) is 24.3 Å². The molecule has 1 aromatic carbocycles. The van der Waals surface area contributed by atoms with Crippen molar-refractivity contribution in [1.29, 1.82) is 0 Å². The van der Waals surface area contributed by atoms with Crippen LogP contribution in [0.5, 0.6) is 0 Å². The van der Waals surface area contributed by atoms with Gasteiger partial charge in [-0.3, -0.25) is 4.79 Å². The Hall–Kier alpha value is -2.09. The molecule has 1 unspecified atom stereocenters. The number of ether oxygens (including phenoxy) is 1. The van der Waals surface area contributed by atoms with Gasteiger partial charge in [0.15, 0.2) is 0 Å². The number of hydrogen-bond donors (Lipinski definition) is 3. The number of carbonyl (C=O) groups excluding carboxylic acids is 1. The minimum atomic E-state index is -1.71. The summed E-state index contributed by atoms with van der Waals surface area (Å²) in [7, 11) is 0. The van der Waals surface area contributed by atoms with Crippen LogP contribution in [0.1, 0.15) is 107 Å². The number of aliphatic carboxylic acids is 2. The molecule has 0 aliphatic rings. The molecule has 0 saturated carbocycles. The minimum absolute atomic E-state index is 0.178. The van der Waals surface area contributed by atoms with E-state index in [-0.39, 0.29) is 5.56 Å². The lowest BCUT2D eigenvalue weighted by molar-refractivity contribution is -0.153. The van der Waals surface area contributed by atoms with Crippen LogP contribution in [0.2, 0.25) is 0 Å². The van der Waals surface area contributed by atoms with E-state index in [1.807, 2.05) is 0 Å². The molecule has 198 valence electrons. The number of esters is 1. The summed E-state index contributed by atoms with van der Waals surface area (Å²) in [5, 5.41) is 22.2. The van der Waals surface area contributed by atoms with Gasteiger partial charge in [-0.2, -0.15) is 0 Å². The lowest BCUT2D eigenvalue weighted by atomic mass is 10.0. The number of anilines is 1. The maximum atomic E-state index is 12.1. The normalized spacial score (nSPS) is 11.7. The lowest BCUT2D eigenvalue weighted by Crippen LogP contribution is -2.29. The summed E-state index contributed by atoms with van der Waals surface area (Å²) in [6, 6.07) is 6.53. The molecule has 0 heterocycles. The van der Waals surface area contributed by atoms with E-state index >= 15 is 0 Å². The highest BCUT2D eigenvalue weighted by Gasteiger charge is 2.25. The predicted molar refractivity (Wildman–Crippen MR) is 142 cm³/mol. The largest absolute Gasteiger partial charge is 0.481 e. The lowest BCUT2D eigenvalue weighted by Gasteiger charge is -2.12. The Bertz CT molecular complexity index is 725. The third-order valence-corrected chi connectivity index (χ3v) is 6.46. The fourth-order valence-electron chi connectivity index (χ4n) is 3.83. The van der Waals surface area contributed by atoms with E-state index in [1.54, 1.807) is 12.1 Å². The van der Waals surface area contributed by atoms with Gasteiger partial charge in [-0.15, -0.1) is 0 Å². The summed E-state index contributed by atoms with van der Waals surface area (Å²) in [4.78, 5) is 33.8. The number of halogens is 1. The maximum Gasteiger partial charge on any atom is 0.345 e. The van der Waals surface area contributed by atoms with Crippen molar-refractivity contribution in [3.63, 3.8) is 0 Å². The van der Waals surface area contributed by atoms with Crippen molar-refractivity contribution in [2.24, 2.45) is 0 Å². The third-order valence-electron chi connectivity index (χ3n) is 5.89. The first kappa shape index (κ1) is 30.9. The highest BCUT2D eigenvalue weighted by Crippen LogP contribution is 2.15. The molecule has 3 N–H and O–H groups in total. The van der Waals surface area contributed by atoms with Crippen molar-refractivity contribution in [2.75, 3.05) is 17.2 Å². The Labute approximate surface area is 218 Å². The molecule has 1 aromatic rings. The molecule has 0 radical (unpaired) electrons. The van der Waals surface area contributed by atoms with Crippen molar-refractivity contribution < 1.29 is 29.3 Å². The van der Waals surface area contributed by atoms with Crippen molar-refractivity contribution >= 4 is 39.5 Å². The van der Waals surface area contributed by atoms with Crippen LogP contribution in [0.4, 0.5) is 5.69 Å². The molecule has 1 rings (SSSR count). The van der Waals surface area contributed by atoms with E-state index < -0.39 is 30.4 Å². The van der Waals surface area contributed by atoms with Gasteiger partial charge in [0.05, 0.1) is 12.0 Å². The second kappa shape index (κ2) is 20.1. The minimum Gasteiger partial charge on any atom is -0.481 e. The van der Waals surface area contributed by atoms with E-state index in [1.165, 1.54) is 95.6 Å². The number of rotatable bonds is 22. The van der Waals surface area contributed by atoms with Gasteiger partial charge in [0, 0.05) is 17.6 Å². The standard InChI is InChI=1S/C27H42BrNO6/c28-19-13-11-9-7-5-3-1-2-4-6-8-10-12-14-20-29-23-17-15-22(16-18-23)27(34)35-24(26(32)33)21-25(30)31/h15-18,24,29H,1-14,19-21H2,(H,30,31)(H,32,33). The Morgan fingerprint density at radius 3 is 1.63 bits per heavy atom. The van der Waals surface area contributed by atoms with Gasteiger partial charge < -0.3 is 20.3 Å². The van der Waals surface area contributed by atoms with Crippen LogP contribution in [0, 0.1) is 0 Å². The van der Waals surface area contributed by atoms with Gasteiger partial charge in [0.1, 0.15) is 0 Å². The van der Waals surface area contributed by atoms with E-state index in [4.69, 9.17) is 14.9 Å². The average Bonchev–Trinajstić information content (AvgIpc) is 2.83. The predicted octanol–water partition coefficient (Wildman–Crippen LogP) is 7.04. The molecule has 1 atom stereocenters. The topological polar surface area (TPSA) is 113 Å². The fourth-order valence-corrected chi connectivity index (χ4v) is 4.23. The molecular weight excluding hydrogens is 514 g/mol. The summed E-state index contributed by atoms with van der Waals surface area (Å²) < 4.78 is 4.80. The molecule has 0 saturated heterocycles. The van der Waals surface area contributed by atoms with Crippen molar-refractivity contribution in [3.05, 3.63) is 29.8 Å². The average molecular weight is 557 g/mol. The van der Waals surface area contributed by atoms with Crippen LogP contribution in [0.25, 0.3) is 0 Å². The monoisotopic (exact) mass is 555 g/mol. The number of benzene rings is 1. The number of hydrogen-bond acceptors (Lipinski definition) is 5. The van der Waals surface area contributed by atoms with Crippen LogP contribution >= 0.6 is 15.9 Å². The van der Waals surface area contributed by atoms with Crippen molar-refractivity contribution in [1.82, 2.24) is 0 Å². The van der Waals surface area contributed by atoms with E-state index in [9.17, 15) is 14.4 Å². The number of carboxylic acid groups (broad SMARTS) is 2. The number of carbonyl (C=O) groups is 3. The summed E-state index contributed by atoms with van der Waals surface area (Å²) >= 11 is 3.48. The summed E-state index contributed by atoms with van der Waals surface area (Å²) in [6.45, 7) is 0.846. The maximum absolute atomic E-state index is 12.1. The van der Waals surface area contributed by atoms with E-state index in [0.29, 0.717) is 0 Å². The second-order valence-corrected chi connectivity index (χ2v) is 9.77. The number of carboxylic acids is 2. The highest BCUT2D eigenvalue weighted by atomic mass is 79.9. The molecule has 0 fully saturated rings. The smallest absolute Gasteiger partial charge is 0.345 e. The molecule has 0 spiro atoms. The first-order valence-electron chi connectivity index (χ1n) is 13.0. The quantitative estimate of drug-likeness (QED) is 0.0798. The van der Waals surface area contributed by atoms with Crippen LogP contribution < -0.4 is 5.32 Å². The highest BCUT2D eigenvalue weighted by molar-refractivity contribution is 9.09.